The van der Waals surface area contributed by atoms with Gasteiger partial charge in [-0.05, 0) is 43.4 Å². The number of hydrogen-bond donors (Lipinski definition) is 1. The Hall–Kier alpha value is -0.830. The molecule has 0 amide bonds. The predicted octanol–water partition coefficient (Wildman–Crippen LogP) is 3.92. The molecule has 0 bridgehead atoms. The molecular weight excluding hydrogens is 238 g/mol. The van der Waals surface area contributed by atoms with Crippen LogP contribution in [0.25, 0.3) is 0 Å². The van der Waals surface area contributed by atoms with E-state index in [4.69, 9.17) is 9.63 Å². The standard InChI is InChI=1S/C16H27NO2/c1-16(2,3)13-8-6-12(7-9-13)15-11-14(19-17-15)5-4-10-18/h11-13,18H,4-10H2,1-3H3. The van der Waals surface area contributed by atoms with Gasteiger partial charge in [0.1, 0.15) is 5.76 Å². The van der Waals surface area contributed by atoms with E-state index in [-0.39, 0.29) is 6.61 Å². The van der Waals surface area contributed by atoms with Crippen molar-refractivity contribution in [2.75, 3.05) is 6.61 Å². The molecule has 1 aromatic rings. The molecule has 0 saturated heterocycles. The first-order valence-corrected chi connectivity index (χ1v) is 7.57. The van der Waals surface area contributed by atoms with E-state index in [1.165, 1.54) is 25.7 Å². The topological polar surface area (TPSA) is 46.3 Å². The maximum absolute atomic E-state index is 8.83. The summed E-state index contributed by atoms with van der Waals surface area (Å²) in [6, 6.07) is 2.09. The number of aryl methyl sites for hydroxylation is 1. The maximum atomic E-state index is 8.83. The lowest BCUT2D eigenvalue weighted by molar-refractivity contribution is 0.167. The Bertz CT molecular complexity index is 384. The van der Waals surface area contributed by atoms with E-state index in [9.17, 15) is 0 Å². The molecule has 108 valence electrons. The molecule has 0 spiro atoms. The first-order chi connectivity index (χ1) is 9.00. The summed E-state index contributed by atoms with van der Waals surface area (Å²) in [6.45, 7) is 7.26. The molecule has 19 heavy (non-hydrogen) atoms. The first kappa shape index (κ1) is 14.6. The number of rotatable bonds is 4. The van der Waals surface area contributed by atoms with Crippen molar-refractivity contribution >= 4 is 0 Å². The minimum atomic E-state index is 0.215. The van der Waals surface area contributed by atoms with Gasteiger partial charge >= 0.3 is 0 Å². The van der Waals surface area contributed by atoms with Crippen LogP contribution in [0.15, 0.2) is 10.6 Å². The lowest BCUT2D eigenvalue weighted by Crippen LogP contribution is -2.25. The number of aromatic nitrogens is 1. The molecule has 1 aliphatic carbocycles. The van der Waals surface area contributed by atoms with Gasteiger partial charge in [0.2, 0.25) is 0 Å². The molecule has 1 N–H and O–H groups in total. The number of aliphatic hydroxyl groups is 1. The van der Waals surface area contributed by atoms with E-state index in [0.29, 0.717) is 11.3 Å². The van der Waals surface area contributed by atoms with Crippen molar-refractivity contribution in [3.63, 3.8) is 0 Å². The zero-order chi connectivity index (χ0) is 13.9. The Morgan fingerprint density at radius 2 is 1.95 bits per heavy atom. The zero-order valence-electron chi connectivity index (χ0n) is 12.5. The van der Waals surface area contributed by atoms with Crippen molar-refractivity contribution in [3.05, 3.63) is 17.5 Å². The van der Waals surface area contributed by atoms with Gasteiger partial charge in [0.05, 0.1) is 5.69 Å². The SMILES string of the molecule is CC(C)(C)C1CCC(c2cc(CCCO)on2)CC1. The highest BCUT2D eigenvalue weighted by molar-refractivity contribution is 5.12. The third-order valence-electron chi connectivity index (χ3n) is 4.53. The summed E-state index contributed by atoms with van der Waals surface area (Å²) >= 11 is 0. The molecule has 0 atom stereocenters. The molecule has 1 aliphatic rings. The Labute approximate surface area is 116 Å². The minimum Gasteiger partial charge on any atom is -0.396 e. The molecule has 1 fully saturated rings. The summed E-state index contributed by atoms with van der Waals surface area (Å²) in [5.41, 5.74) is 1.56. The maximum Gasteiger partial charge on any atom is 0.137 e. The van der Waals surface area contributed by atoms with Crippen molar-refractivity contribution in [1.29, 1.82) is 0 Å². The second-order valence-electron chi connectivity index (χ2n) is 6.96. The molecule has 1 saturated carbocycles. The second-order valence-corrected chi connectivity index (χ2v) is 6.96. The van der Waals surface area contributed by atoms with Crippen LogP contribution in [0.4, 0.5) is 0 Å². The minimum absolute atomic E-state index is 0.215. The van der Waals surface area contributed by atoms with E-state index in [2.05, 4.69) is 32.0 Å². The van der Waals surface area contributed by atoms with Gasteiger partial charge in [-0.2, -0.15) is 0 Å². The molecule has 0 radical (unpaired) electrons. The number of hydrogen-bond acceptors (Lipinski definition) is 3. The van der Waals surface area contributed by atoms with Gasteiger partial charge in [-0.25, -0.2) is 0 Å². The highest BCUT2D eigenvalue weighted by atomic mass is 16.5. The fourth-order valence-electron chi connectivity index (χ4n) is 3.15. The van der Waals surface area contributed by atoms with Crippen LogP contribution in [0.5, 0.6) is 0 Å². The van der Waals surface area contributed by atoms with Crippen molar-refractivity contribution in [2.45, 2.75) is 65.2 Å². The fraction of sp³-hybridized carbons (Fsp3) is 0.812. The molecule has 0 aromatic carbocycles. The second kappa shape index (κ2) is 6.08. The molecule has 2 rings (SSSR count). The third-order valence-corrected chi connectivity index (χ3v) is 4.53. The predicted molar refractivity (Wildman–Crippen MR) is 76.1 cm³/mol. The monoisotopic (exact) mass is 265 g/mol. The van der Waals surface area contributed by atoms with Gasteiger partial charge in [0.25, 0.3) is 0 Å². The summed E-state index contributed by atoms with van der Waals surface area (Å²) in [5, 5.41) is 13.0. The van der Waals surface area contributed by atoms with Crippen LogP contribution in [-0.2, 0) is 6.42 Å². The van der Waals surface area contributed by atoms with Gasteiger partial charge in [-0.3, -0.25) is 0 Å². The Morgan fingerprint density at radius 1 is 1.26 bits per heavy atom. The van der Waals surface area contributed by atoms with Crippen molar-refractivity contribution in [3.8, 4) is 0 Å². The molecule has 1 heterocycles. The van der Waals surface area contributed by atoms with Gasteiger partial charge < -0.3 is 9.63 Å². The molecule has 0 aliphatic heterocycles. The first-order valence-electron chi connectivity index (χ1n) is 7.57. The molecular formula is C16H27NO2. The summed E-state index contributed by atoms with van der Waals surface area (Å²) in [6.07, 6.45) is 6.61. The molecule has 1 aromatic heterocycles. The quantitative estimate of drug-likeness (QED) is 0.897. The van der Waals surface area contributed by atoms with Crippen LogP contribution in [0.2, 0.25) is 0 Å². The van der Waals surface area contributed by atoms with Crippen LogP contribution in [0.1, 0.15) is 70.2 Å². The lowest BCUT2D eigenvalue weighted by Gasteiger charge is -2.36. The van der Waals surface area contributed by atoms with Crippen molar-refractivity contribution in [1.82, 2.24) is 5.16 Å². The van der Waals surface area contributed by atoms with Crippen LogP contribution in [0.3, 0.4) is 0 Å². The van der Waals surface area contributed by atoms with Gasteiger partial charge in [0, 0.05) is 25.0 Å². The van der Waals surface area contributed by atoms with Crippen LogP contribution in [-0.4, -0.2) is 16.9 Å². The van der Waals surface area contributed by atoms with Crippen LogP contribution in [0, 0.1) is 11.3 Å². The normalized spacial score (nSPS) is 24.6. The van der Waals surface area contributed by atoms with E-state index < -0.39 is 0 Å². The van der Waals surface area contributed by atoms with Crippen LogP contribution >= 0.6 is 0 Å². The molecule has 3 heteroatoms. The third kappa shape index (κ3) is 3.82. The summed E-state index contributed by atoms with van der Waals surface area (Å²) in [4.78, 5) is 0. The average Bonchev–Trinajstić information content (AvgIpc) is 2.84. The Balaban J connectivity index is 1.89. The summed E-state index contributed by atoms with van der Waals surface area (Å²) in [5.74, 6) is 2.33. The average molecular weight is 265 g/mol. The Morgan fingerprint density at radius 3 is 2.53 bits per heavy atom. The zero-order valence-corrected chi connectivity index (χ0v) is 12.5. The van der Waals surface area contributed by atoms with E-state index >= 15 is 0 Å². The molecule has 0 unspecified atom stereocenters. The smallest absolute Gasteiger partial charge is 0.137 e. The van der Waals surface area contributed by atoms with E-state index in [1.807, 2.05) is 0 Å². The highest BCUT2D eigenvalue weighted by Crippen LogP contribution is 2.42. The number of aliphatic hydroxyl groups excluding tert-OH is 1. The highest BCUT2D eigenvalue weighted by Gasteiger charge is 2.31. The van der Waals surface area contributed by atoms with Crippen molar-refractivity contribution < 1.29 is 9.63 Å². The van der Waals surface area contributed by atoms with Crippen molar-refractivity contribution in [2.24, 2.45) is 11.3 Å². The van der Waals surface area contributed by atoms with E-state index in [1.54, 1.807) is 0 Å². The fourth-order valence-corrected chi connectivity index (χ4v) is 3.15. The summed E-state index contributed by atoms with van der Waals surface area (Å²) < 4.78 is 5.35. The largest absolute Gasteiger partial charge is 0.396 e. The Kier molecular flexibility index (Phi) is 4.67. The van der Waals surface area contributed by atoms with Crippen LogP contribution < -0.4 is 0 Å². The number of nitrogens with zero attached hydrogens (tertiary/aromatic N) is 1. The van der Waals surface area contributed by atoms with Gasteiger partial charge in [0.15, 0.2) is 0 Å². The van der Waals surface area contributed by atoms with E-state index in [0.717, 1.165) is 30.2 Å². The van der Waals surface area contributed by atoms with Gasteiger partial charge in [-0.1, -0.05) is 25.9 Å². The lowest BCUT2D eigenvalue weighted by atomic mass is 9.69. The van der Waals surface area contributed by atoms with Gasteiger partial charge in [-0.15, -0.1) is 0 Å². The molecule has 3 nitrogen and oxygen atoms in total. The summed E-state index contributed by atoms with van der Waals surface area (Å²) in [7, 11) is 0.